The molecule has 0 atom stereocenters. The highest BCUT2D eigenvalue weighted by molar-refractivity contribution is 5.94. The number of hydrogen-bond acceptors (Lipinski definition) is 4. The van der Waals surface area contributed by atoms with Crippen LogP contribution in [0.5, 0.6) is 5.75 Å². The van der Waals surface area contributed by atoms with Gasteiger partial charge in [-0.2, -0.15) is 0 Å². The van der Waals surface area contributed by atoms with Crippen molar-refractivity contribution in [2.45, 2.75) is 26.4 Å². The van der Waals surface area contributed by atoms with Crippen molar-refractivity contribution in [1.29, 1.82) is 0 Å². The third-order valence-electron chi connectivity index (χ3n) is 2.08. The summed E-state index contributed by atoms with van der Waals surface area (Å²) in [6.45, 7) is 4.44. The number of phenolic OH excluding ortho intramolecular Hbond substituents is 1. The second kappa shape index (κ2) is 5.60. The molecule has 2 N–H and O–H groups in total. The van der Waals surface area contributed by atoms with E-state index in [1.54, 1.807) is 32.9 Å². The van der Waals surface area contributed by atoms with Gasteiger partial charge in [-0.15, -0.1) is 0 Å². The third kappa shape index (κ3) is 4.50. The molecular weight excluding hydrogens is 250 g/mol. The summed E-state index contributed by atoms with van der Waals surface area (Å²) in [6.07, 6.45) is -0.823. The van der Waals surface area contributed by atoms with E-state index in [4.69, 9.17) is 9.84 Å². The number of carbonyl (C=O) groups is 2. The zero-order chi connectivity index (χ0) is 14.6. The molecule has 19 heavy (non-hydrogen) atoms. The van der Waals surface area contributed by atoms with Crippen LogP contribution in [0.25, 0.3) is 0 Å². The lowest BCUT2D eigenvalue weighted by molar-refractivity contribution is -0.135. The van der Waals surface area contributed by atoms with Crippen molar-refractivity contribution in [2.75, 3.05) is 11.4 Å². The van der Waals surface area contributed by atoms with Gasteiger partial charge in [0.2, 0.25) is 0 Å². The van der Waals surface area contributed by atoms with Crippen LogP contribution in [0.15, 0.2) is 24.3 Å². The molecular formula is C13H17NO5. The van der Waals surface area contributed by atoms with Crippen molar-refractivity contribution < 1.29 is 24.5 Å². The fraction of sp³-hybridized carbons (Fsp3) is 0.385. The summed E-state index contributed by atoms with van der Waals surface area (Å²) < 4.78 is 5.12. The maximum absolute atomic E-state index is 12.0. The Morgan fingerprint density at radius 1 is 1.26 bits per heavy atom. The van der Waals surface area contributed by atoms with E-state index in [-0.39, 0.29) is 11.4 Å². The molecule has 104 valence electrons. The van der Waals surface area contributed by atoms with E-state index in [0.29, 0.717) is 0 Å². The predicted octanol–water partition coefficient (Wildman–Crippen LogP) is 2.22. The quantitative estimate of drug-likeness (QED) is 0.876. The molecule has 1 aromatic rings. The summed E-state index contributed by atoms with van der Waals surface area (Å²) in [6, 6.07) is 5.98. The minimum atomic E-state index is -1.20. The molecule has 0 saturated heterocycles. The number of carboxylic acids is 1. The zero-order valence-corrected chi connectivity index (χ0v) is 11.1. The average Bonchev–Trinajstić information content (AvgIpc) is 2.24. The molecule has 0 radical (unpaired) electrons. The molecule has 0 fully saturated rings. The van der Waals surface area contributed by atoms with Crippen LogP contribution in [-0.2, 0) is 9.53 Å². The standard InChI is InChI=1S/C13H17NO5/c1-13(2,3)19-12(18)14(8-11(16)17)9-6-4-5-7-10(9)15/h4-7,15H,8H2,1-3H3,(H,16,17). The van der Waals surface area contributed by atoms with Gasteiger partial charge in [-0.1, -0.05) is 12.1 Å². The number of amides is 1. The average molecular weight is 267 g/mol. The van der Waals surface area contributed by atoms with Gasteiger partial charge in [0.1, 0.15) is 17.9 Å². The van der Waals surface area contributed by atoms with Crippen molar-refractivity contribution >= 4 is 17.7 Å². The van der Waals surface area contributed by atoms with E-state index < -0.39 is 24.2 Å². The molecule has 0 bridgehead atoms. The van der Waals surface area contributed by atoms with Gasteiger partial charge >= 0.3 is 12.1 Å². The number of benzene rings is 1. The molecule has 0 heterocycles. The van der Waals surface area contributed by atoms with Crippen LogP contribution in [0.2, 0.25) is 0 Å². The summed E-state index contributed by atoms with van der Waals surface area (Å²) in [7, 11) is 0. The lowest BCUT2D eigenvalue weighted by Gasteiger charge is -2.26. The number of aromatic hydroxyl groups is 1. The molecule has 6 nitrogen and oxygen atoms in total. The predicted molar refractivity (Wildman–Crippen MR) is 69.3 cm³/mol. The molecule has 1 rings (SSSR count). The van der Waals surface area contributed by atoms with Crippen LogP contribution < -0.4 is 4.90 Å². The number of ether oxygens (including phenoxy) is 1. The number of carboxylic acid groups (broad SMARTS) is 1. The monoisotopic (exact) mass is 267 g/mol. The van der Waals surface area contributed by atoms with E-state index in [1.165, 1.54) is 12.1 Å². The molecule has 1 amide bonds. The summed E-state index contributed by atoms with van der Waals surface area (Å²) in [4.78, 5) is 23.7. The summed E-state index contributed by atoms with van der Waals surface area (Å²) in [5.74, 6) is -1.39. The molecule has 0 spiro atoms. The Balaban J connectivity index is 3.05. The Hall–Kier alpha value is -2.24. The first kappa shape index (κ1) is 14.8. The minimum absolute atomic E-state index is 0.0964. The number of rotatable bonds is 3. The highest BCUT2D eigenvalue weighted by atomic mass is 16.6. The molecule has 0 unspecified atom stereocenters. The second-order valence-corrected chi connectivity index (χ2v) is 4.95. The van der Waals surface area contributed by atoms with E-state index in [9.17, 15) is 14.7 Å². The smallest absolute Gasteiger partial charge is 0.415 e. The third-order valence-corrected chi connectivity index (χ3v) is 2.08. The van der Waals surface area contributed by atoms with Gasteiger partial charge in [0.15, 0.2) is 0 Å². The zero-order valence-electron chi connectivity index (χ0n) is 11.1. The van der Waals surface area contributed by atoms with E-state index >= 15 is 0 Å². The molecule has 0 aliphatic carbocycles. The lowest BCUT2D eigenvalue weighted by atomic mass is 10.2. The minimum Gasteiger partial charge on any atom is -0.506 e. The Morgan fingerprint density at radius 3 is 2.32 bits per heavy atom. The second-order valence-electron chi connectivity index (χ2n) is 4.95. The van der Waals surface area contributed by atoms with Crippen molar-refractivity contribution in [1.82, 2.24) is 0 Å². The fourth-order valence-corrected chi connectivity index (χ4v) is 1.39. The van der Waals surface area contributed by atoms with E-state index in [1.807, 2.05) is 0 Å². The van der Waals surface area contributed by atoms with Crippen molar-refractivity contribution in [3.63, 3.8) is 0 Å². The van der Waals surface area contributed by atoms with Crippen molar-refractivity contribution in [2.24, 2.45) is 0 Å². The Morgan fingerprint density at radius 2 is 1.84 bits per heavy atom. The number of nitrogens with zero attached hydrogens (tertiary/aromatic N) is 1. The van der Waals surface area contributed by atoms with Crippen LogP contribution in [0.4, 0.5) is 10.5 Å². The highest BCUT2D eigenvalue weighted by Crippen LogP contribution is 2.27. The van der Waals surface area contributed by atoms with Gasteiger partial charge in [0, 0.05) is 0 Å². The van der Waals surface area contributed by atoms with Gasteiger partial charge in [-0.25, -0.2) is 4.79 Å². The number of para-hydroxylation sites is 2. The Labute approximate surface area is 111 Å². The van der Waals surface area contributed by atoms with Crippen molar-refractivity contribution in [3.8, 4) is 5.75 Å². The van der Waals surface area contributed by atoms with Crippen LogP contribution in [0.3, 0.4) is 0 Å². The first-order valence-corrected chi connectivity index (χ1v) is 5.71. The normalized spacial score (nSPS) is 10.9. The number of carbonyl (C=O) groups excluding carboxylic acids is 1. The molecule has 0 aliphatic heterocycles. The molecule has 0 aliphatic rings. The topological polar surface area (TPSA) is 87.1 Å². The van der Waals surface area contributed by atoms with Crippen LogP contribution in [0.1, 0.15) is 20.8 Å². The SMILES string of the molecule is CC(C)(C)OC(=O)N(CC(=O)O)c1ccccc1O. The number of phenols is 1. The lowest BCUT2D eigenvalue weighted by Crippen LogP contribution is -2.40. The van der Waals surface area contributed by atoms with Crippen LogP contribution in [-0.4, -0.2) is 34.4 Å². The van der Waals surface area contributed by atoms with Crippen LogP contribution >= 0.6 is 0 Å². The molecule has 0 aromatic heterocycles. The maximum Gasteiger partial charge on any atom is 0.415 e. The fourth-order valence-electron chi connectivity index (χ4n) is 1.39. The molecule has 6 heteroatoms. The molecule has 0 saturated carbocycles. The first-order valence-electron chi connectivity index (χ1n) is 5.71. The van der Waals surface area contributed by atoms with Crippen LogP contribution in [0, 0.1) is 0 Å². The van der Waals surface area contributed by atoms with E-state index in [2.05, 4.69) is 0 Å². The summed E-state index contributed by atoms with van der Waals surface area (Å²) in [5.41, 5.74) is -0.655. The summed E-state index contributed by atoms with van der Waals surface area (Å²) >= 11 is 0. The number of aliphatic carboxylic acids is 1. The summed E-state index contributed by atoms with van der Waals surface area (Å²) in [5, 5.41) is 18.6. The Kier molecular flexibility index (Phi) is 4.37. The van der Waals surface area contributed by atoms with Gasteiger partial charge in [0.05, 0.1) is 5.69 Å². The highest BCUT2D eigenvalue weighted by Gasteiger charge is 2.26. The maximum atomic E-state index is 12.0. The van der Waals surface area contributed by atoms with Gasteiger partial charge < -0.3 is 14.9 Å². The van der Waals surface area contributed by atoms with Gasteiger partial charge in [0.25, 0.3) is 0 Å². The molecule has 1 aromatic carbocycles. The van der Waals surface area contributed by atoms with Gasteiger partial charge in [-0.3, -0.25) is 9.69 Å². The number of anilines is 1. The number of hydrogen-bond donors (Lipinski definition) is 2. The first-order chi connectivity index (χ1) is 8.70. The van der Waals surface area contributed by atoms with E-state index in [0.717, 1.165) is 4.90 Å². The Bertz CT molecular complexity index is 478. The van der Waals surface area contributed by atoms with Crippen molar-refractivity contribution in [3.05, 3.63) is 24.3 Å². The largest absolute Gasteiger partial charge is 0.506 e. The van der Waals surface area contributed by atoms with Gasteiger partial charge in [-0.05, 0) is 32.9 Å².